The van der Waals surface area contributed by atoms with Crippen molar-refractivity contribution in [2.45, 2.75) is 32.6 Å². The second-order valence-electron chi connectivity index (χ2n) is 9.12. The number of nitrogens with zero attached hydrogens (tertiary/aromatic N) is 3. The number of carbonyl (C=O) groups is 1. The number of nitriles is 1. The molecule has 0 saturated carbocycles. The lowest BCUT2D eigenvalue weighted by molar-refractivity contribution is -0.118. The van der Waals surface area contributed by atoms with Gasteiger partial charge in [0.15, 0.2) is 5.78 Å². The Morgan fingerprint density at radius 2 is 1.94 bits per heavy atom. The van der Waals surface area contributed by atoms with Crippen molar-refractivity contribution < 1.29 is 9.18 Å². The maximum Gasteiger partial charge on any atom is 0.162 e. The minimum absolute atomic E-state index is 0.0122. The molecule has 0 unspecified atom stereocenters. The van der Waals surface area contributed by atoms with E-state index in [0.717, 1.165) is 10.6 Å². The van der Waals surface area contributed by atoms with E-state index in [2.05, 4.69) is 19.9 Å². The number of thiophene rings is 1. The summed E-state index contributed by atoms with van der Waals surface area (Å²) in [7, 11) is 0. The molecule has 0 saturated heterocycles. The van der Waals surface area contributed by atoms with Crippen molar-refractivity contribution >= 4 is 40.2 Å². The molecule has 0 amide bonds. The van der Waals surface area contributed by atoms with Crippen LogP contribution in [-0.4, -0.2) is 10.4 Å². The molecule has 1 atom stereocenters. The normalized spacial score (nSPS) is 20.2. The predicted molar refractivity (Wildman–Crippen MR) is 129 cm³/mol. The smallest absolute Gasteiger partial charge is 0.162 e. The highest BCUT2D eigenvalue weighted by Crippen LogP contribution is 2.52. The molecule has 2 aromatic heterocycles. The summed E-state index contributed by atoms with van der Waals surface area (Å²) in [5.74, 6) is -0.293. The average molecular weight is 478 g/mol. The fourth-order valence-corrected chi connectivity index (χ4v) is 5.86. The van der Waals surface area contributed by atoms with E-state index in [1.807, 2.05) is 51.5 Å². The fourth-order valence-electron chi connectivity index (χ4n) is 4.84. The molecule has 3 aromatic rings. The van der Waals surface area contributed by atoms with Crippen LogP contribution in [0.3, 0.4) is 0 Å². The number of hydrogen-bond acceptors (Lipinski definition) is 4. The second-order valence-corrected chi connectivity index (χ2v) is 10.5. The molecule has 1 aromatic carbocycles. The van der Waals surface area contributed by atoms with Gasteiger partial charge in [-0.05, 0) is 53.6 Å². The highest BCUT2D eigenvalue weighted by Gasteiger charge is 2.45. The maximum atomic E-state index is 14.1. The molecule has 33 heavy (non-hydrogen) atoms. The van der Waals surface area contributed by atoms with Crippen molar-refractivity contribution in [3.8, 4) is 6.07 Å². The molecule has 0 bridgehead atoms. The van der Waals surface area contributed by atoms with Gasteiger partial charge in [-0.15, -0.1) is 11.3 Å². The van der Waals surface area contributed by atoms with Crippen molar-refractivity contribution in [1.82, 2.24) is 4.57 Å². The molecule has 0 N–H and O–H groups in total. The number of hydrogen-bond donors (Lipinski definition) is 0. The van der Waals surface area contributed by atoms with Crippen LogP contribution in [0.25, 0.3) is 5.82 Å². The zero-order valence-electron chi connectivity index (χ0n) is 18.2. The van der Waals surface area contributed by atoms with E-state index in [-0.39, 0.29) is 16.2 Å². The molecule has 0 radical (unpaired) electrons. The van der Waals surface area contributed by atoms with Gasteiger partial charge >= 0.3 is 0 Å². The Kier molecular flexibility index (Phi) is 5.27. The van der Waals surface area contributed by atoms with Gasteiger partial charge in [0.05, 0.1) is 22.6 Å². The van der Waals surface area contributed by atoms with Crippen molar-refractivity contribution in [2.75, 3.05) is 4.90 Å². The zero-order chi connectivity index (χ0) is 23.3. The van der Waals surface area contributed by atoms with Crippen LogP contribution in [0.1, 0.15) is 37.5 Å². The van der Waals surface area contributed by atoms with E-state index in [1.54, 1.807) is 12.1 Å². The summed E-state index contributed by atoms with van der Waals surface area (Å²) in [5.41, 5.74) is 2.30. The van der Waals surface area contributed by atoms with Gasteiger partial charge in [-0.2, -0.15) is 5.26 Å². The van der Waals surface area contributed by atoms with Gasteiger partial charge in [0.2, 0.25) is 0 Å². The number of aromatic nitrogens is 1. The van der Waals surface area contributed by atoms with E-state index >= 15 is 0 Å². The van der Waals surface area contributed by atoms with Crippen LogP contribution in [0.2, 0.25) is 5.02 Å². The Morgan fingerprint density at radius 1 is 1.18 bits per heavy atom. The fraction of sp³-hybridized carbons (Fsp3) is 0.231. The first-order valence-electron chi connectivity index (χ1n) is 10.6. The molecule has 166 valence electrons. The number of ketones is 1. The molecule has 3 heterocycles. The summed E-state index contributed by atoms with van der Waals surface area (Å²) in [5, 5.41) is 12.4. The van der Waals surface area contributed by atoms with Crippen molar-refractivity contribution in [3.63, 3.8) is 0 Å². The summed E-state index contributed by atoms with van der Waals surface area (Å²) in [4.78, 5) is 16.5. The van der Waals surface area contributed by atoms with Gasteiger partial charge < -0.3 is 4.57 Å². The lowest BCUT2D eigenvalue weighted by Crippen LogP contribution is -2.40. The summed E-state index contributed by atoms with van der Waals surface area (Å²) in [6, 6.07) is 14.6. The SMILES string of the molecule is CC1(C)CC(=O)C2=C(C1)N(c1ccc(F)c(Cl)c1)C(n1cccc1)=C(C#N)[C@@H]2c1cccs1. The molecule has 7 heteroatoms. The zero-order valence-corrected chi connectivity index (χ0v) is 19.8. The molecule has 0 fully saturated rings. The summed E-state index contributed by atoms with van der Waals surface area (Å²) in [6.45, 7) is 4.15. The topological polar surface area (TPSA) is 49.0 Å². The van der Waals surface area contributed by atoms with Gasteiger partial charge in [0.1, 0.15) is 11.6 Å². The van der Waals surface area contributed by atoms with E-state index in [1.165, 1.54) is 17.4 Å². The number of carbonyl (C=O) groups excluding carboxylic acids is 1. The first-order chi connectivity index (χ1) is 15.8. The quantitative estimate of drug-likeness (QED) is 0.408. The number of allylic oxidation sites excluding steroid dienone is 3. The second kappa shape index (κ2) is 8.02. The summed E-state index contributed by atoms with van der Waals surface area (Å²) < 4.78 is 15.9. The van der Waals surface area contributed by atoms with Crippen LogP contribution >= 0.6 is 22.9 Å². The molecule has 1 aliphatic heterocycles. The van der Waals surface area contributed by atoms with Gasteiger partial charge in [0, 0.05) is 40.6 Å². The molecule has 0 spiro atoms. The minimum Gasteiger partial charge on any atom is -0.309 e. The van der Waals surface area contributed by atoms with Crippen LogP contribution in [0.15, 0.2) is 77.1 Å². The highest BCUT2D eigenvalue weighted by atomic mass is 35.5. The number of benzene rings is 1. The monoisotopic (exact) mass is 477 g/mol. The van der Waals surface area contributed by atoms with E-state index in [0.29, 0.717) is 35.5 Å². The third kappa shape index (κ3) is 3.62. The molecular formula is C26H21ClFN3OS. The molecule has 4 nitrogen and oxygen atoms in total. The summed E-state index contributed by atoms with van der Waals surface area (Å²) >= 11 is 7.71. The lowest BCUT2D eigenvalue weighted by atomic mass is 9.69. The third-order valence-electron chi connectivity index (χ3n) is 6.15. The van der Waals surface area contributed by atoms with Gasteiger partial charge in [0.25, 0.3) is 0 Å². The lowest BCUT2D eigenvalue weighted by Gasteiger charge is -2.44. The Bertz CT molecular complexity index is 1350. The molecule has 2 aliphatic rings. The van der Waals surface area contributed by atoms with Crippen molar-refractivity contribution in [1.29, 1.82) is 5.26 Å². The van der Waals surface area contributed by atoms with Crippen LogP contribution in [-0.2, 0) is 4.79 Å². The van der Waals surface area contributed by atoms with Crippen LogP contribution < -0.4 is 4.90 Å². The Balaban J connectivity index is 1.87. The number of Topliss-reactive ketones (excluding diaryl/α,β-unsaturated/α-hetero) is 1. The van der Waals surface area contributed by atoms with E-state index in [9.17, 15) is 14.4 Å². The van der Waals surface area contributed by atoms with Crippen molar-refractivity contribution in [3.05, 3.63) is 92.8 Å². The van der Waals surface area contributed by atoms with Crippen LogP contribution in [0.4, 0.5) is 10.1 Å². The predicted octanol–water partition coefficient (Wildman–Crippen LogP) is 6.98. The first kappa shape index (κ1) is 21.7. The Labute approximate surface area is 200 Å². The third-order valence-corrected chi connectivity index (χ3v) is 7.38. The van der Waals surface area contributed by atoms with Crippen LogP contribution in [0.5, 0.6) is 0 Å². The first-order valence-corrected chi connectivity index (χ1v) is 11.9. The number of halogens is 2. The molecule has 5 rings (SSSR count). The maximum absolute atomic E-state index is 14.1. The Hall–Kier alpha value is -3.14. The van der Waals surface area contributed by atoms with Gasteiger partial charge in [-0.1, -0.05) is 31.5 Å². The van der Waals surface area contributed by atoms with E-state index in [4.69, 9.17) is 11.6 Å². The molecule has 1 aliphatic carbocycles. The largest absolute Gasteiger partial charge is 0.309 e. The summed E-state index contributed by atoms with van der Waals surface area (Å²) in [6.07, 6.45) is 4.78. The standard InChI is InChI=1S/C26H21ClFN3OS/c1-26(2)13-20-24(21(32)14-26)23(22-6-5-11-33-22)17(15-29)25(30-9-3-4-10-30)31(20)16-7-8-19(28)18(27)12-16/h3-12,23H,13-14H2,1-2H3/t23-/m1/s1. The van der Waals surface area contributed by atoms with Gasteiger partial charge in [-0.25, -0.2) is 4.39 Å². The van der Waals surface area contributed by atoms with E-state index < -0.39 is 11.7 Å². The molecular weight excluding hydrogens is 457 g/mol. The highest BCUT2D eigenvalue weighted by molar-refractivity contribution is 7.10. The van der Waals surface area contributed by atoms with Crippen molar-refractivity contribution in [2.24, 2.45) is 5.41 Å². The number of rotatable bonds is 3. The average Bonchev–Trinajstić information content (AvgIpc) is 3.47. The number of anilines is 1. The van der Waals surface area contributed by atoms with Crippen LogP contribution in [0, 0.1) is 22.6 Å². The Morgan fingerprint density at radius 3 is 2.58 bits per heavy atom. The minimum atomic E-state index is -0.518. The van der Waals surface area contributed by atoms with Gasteiger partial charge in [-0.3, -0.25) is 9.69 Å².